The van der Waals surface area contributed by atoms with Crippen LogP contribution in [0.3, 0.4) is 0 Å². The van der Waals surface area contributed by atoms with Crippen LogP contribution in [0.1, 0.15) is 62.7 Å². The number of hydrogen-bond acceptors (Lipinski definition) is 2. The maximum Gasteiger partial charge on any atom is 0.243 e. The molecule has 1 N–H and O–H groups in total. The van der Waals surface area contributed by atoms with E-state index in [1.54, 1.807) is 6.08 Å². The minimum absolute atomic E-state index is 0.0657. The number of carbonyl (C=O) groups is 2. The summed E-state index contributed by atoms with van der Waals surface area (Å²) in [5.74, 6) is 2.51. The van der Waals surface area contributed by atoms with Crippen LogP contribution < -0.4 is 5.32 Å². The molecule has 1 heterocycles. The molecule has 4 unspecified atom stereocenters. The van der Waals surface area contributed by atoms with Crippen LogP contribution in [0.25, 0.3) is 0 Å². The first-order valence-electron chi connectivity index (χ1n) is 11.0. The second-order valence-electron chi connectivity index (χ2n) is 10.1. The van der Waals surface area contributed by atoms with Gasteiger partial charge in [0.05, 0.1) is 0 Å². The van der Waals surface area contributed by atoms with Crippen LogP contribution in [0.15, 0.2) is 42.5 Å². The van der Waals surface area contributed by atoms with E-state index in [0.29, 0.717) is 23.5 Å². The van der Waals surface area contributed by atoms with E-state index >= 15 is 0 Å². The summed E-state index contributed by atoms with van der Waals surface area (Å²) in [6, 6.07) is 10.2. The molecular formula is C25H31NO2. The van der Waals surface area contributed by atoms with Gasteiger partial charge in [0.1, 0.15) is 0 Å². The van der Waals surface area contributed by atoms with Crippen LogP contribution in [0.2, 0.25) is 0 Å². The monoisotopic (exact) mass is 377 g/mol. The van der Waals surface area contributed by atoms with Gasteiger partial charge in [-0.05, 0) is 67.8 Å². The van der Waals surface area contributed by atoms with E-state index in [4.69, 9.17) is 0 Å². The summed E-state index contributed by atoms with van der Waals surface area (Å²) in [6.45, 7) is 4.76. The highest BCUT2D eigenvalue weighted by atomic mass is 16.1. The third kappa shape index (κ3) is 2.47. The van der Waals surface area contributed by atoms with Crippen molar-refractivity contribution in [3.8, 4) is 0 Å². The van der Waals surface area contributed by atoms with Crippen LogP contribution in [-0.2, 0) is 4.79 Å². The predicted octanol–water partition coefficient (Wildman–Crippen LogP) is 4.78. The topological polar surface area (TPSA) is 46.2 Å². The van der Waals surface area contributed by atoms with Gasteiger partial charge in [-0.1, -0.05) is 50.3 Å². The van der Waals surface area contributed by atoms with Crippen molar-refractivity contribution in [3.63, 3.8) is 0 Å². The summed E-state index contributed by atoms with van der Waals surface area (Å²) in [4.78, 5) is 25.2. The molecule has 0 aromatic heterocycles. The van der Waals surface area contributed by atoms with Crippen LogP contribution >= 0.6 is 0 Å². The van der Waals surface area contributed by atoms with Crippen molar-refractivity contribution < 1.29 is 9.59 Å². The van der Waals surface area contributed by atoms with Gasteiger partial charge < -0.3 is 5.32 Å². The summed E-state index contributed by atoms with van der Waals surface area (Å²) in [7, 11) is 0. The number of ketones is 1. The maximum atomic E-state index is 13.3. The van der Waals surface area contributed by atoms with Crippen molar-refractivity contribution in [1.82, 2.24) is 5.32 Å². The standard InChI is InChI=1S/C25H31NO2/c1-24-14-12-19-17(8-11-21-25(19,2)15-13-22(27)26-21)18(24)9-10-20(24)23(28)16-6-4-3-5-7-16/h3-7,13,15,17-21H,8-12,14H2,1-2H3,(H,26,27)/t17?,18?,19?,20?,21-,24+,25-/m1/s1. The van der Waals surface area contributed by atoms with Gasteiger partial charge in [0, 0.05) is 22.9 Å². The number of carbonyl (C=O) groups excluding carboxylic acids is 2. The van der Waals surface area contributed by atoms with Crippen LogP contribution in [0.4, 0.5) is 0 Å². The molecule has 4 aliphatic rings. The largest absolute Gasteiger partial charge is 0.349 e. The zero-order chi connectivity index (χ0) is 19.5. The molecule has 3 nitrogen and oxygen atoms in total. The first-order valence-corrected chi connectivity index (χ1v) is 11.0. The van der Waals surface area contributed by atoms with Crippen molar-refractivity contribution in [2.75, 3.05) is 0 Å². The van der Waals surface area contributed by atoms with E-state index in [1.807, 2.05) is 30.3 Å². The lowest BCUT2D eigenvalue weighted by molar-refractivity contribution is -0.122. The second kappa shape index (κ2) is 6.30. The van der Waals surface area contributed by atoms with Crippen molar-refractivity contribution in [1.29, 1.82) is 0 Å². The molecule has 28 heavy (non-hydrogen) atoms. The minimum Gasteiger partial charge on any atom is -0.349 e. The Kier molecular flexibility index (Phi) is 4.08. The molecule has 3 fully saturated rings. The Morgan fingerprint density at radius 2 is 1.79 bits per heavy atom. The van der Waals surface area contributed by atoms with E-state index in [9.17, 15) is 9.59 Å². The molecule has 0 saturated heterocycles. The first-order chi connectivity index (χ1) is 13.4. The zero-order valence-electron chi connectivity index (χ0n) is 17.0. The van der Waals surface area contributed by atoms with E-state index in [0.717, 1.165) is 24.8 Å². The molecule has 0 radical (unpaired) electrons. The Morgan fingerprint density at radius 3 is 2.57 bits per heavy atom. The fraction of sp³-hybridized carbons (Fsp3) is 0.600. The summed E-state index contributed by atoms with van der Waals surface area (Å²) in [5, 5.41) is 3.23. The van der Waals surface area contributed by atoms with Crippen LogP contribution in [-0.4, -0.2) is 17.7 Å². The Hall–Kier alpha value is -1.90. The number of rotatable bonds is 2. The number of amides is 1. The van der Waals surface area contributed by atoms with E-state index in [-0.39, 0.29) is 28.7 Å². The van der Waals surface area contributed by atoms with Crippen LogP contribution in [0.5, 0.6) is 0 Å². The average Bonchev–Trinajstić information content (AvgIpc) is 3.06. The zero-order valence-corrected chi connectivity index (χ0v) is 17.0. The van der Waals surface area contributed by atoms with Crippen LogP contribution in [0, 0.1) is 34.5 Å². The lowest BCUT2D eigenvalue weighted by Crippen LogP contribution is -2.59. The molecule has 7 atom stereocenters. The van der Waals surface area contributed by atoms with Gasteiger partial charge in [0.15, 0.2) is 5.78 Å². The van der Waals surface area contributed by atoms with Gasteiger partial charge in [0.2, 0.25) is 5.91 Å². The predicted molar refractivity (Wildman–Crippen MR) is 110 cm³/mol. The van der Waals surface area contributed by atoms with Gasteiger partial charge >= 0.3 is 0 Å². The van der Waals surface area contributed by atoms with Crippen molar-refractivity contribution in [3.05, 3.63) is 48.0 Å². The van der Waals surface area contributed by atoms with E-state index in [2.05, 4.69) is 25.2 Å². The van der Waals surface area contributed by atoms with E-state index in [1.165, 1.54) is 19.3 Å². The molecule has 3 saturated carbocycles. The third-order valence-corrected chi connectivity index (χ3v) is 9.06. The highest BCUT2D eigenvalue weighted by Gasteiger charge is 2.60. The Labute approximate surface area is 168 Å². The van der Waals surface area contributed by atoms with Gasteiger partial charge in [-0.3, -0.25) is 9.59 Å². The first kappa shape index (κ1) is 18.1. The SMILES string of the molecule is C[C@]12CCC3C(CC[C@H]4NC(=O)C=C[C@]34C)C1CCC2C(=O)c1ccccc1. The lowest BCUT2D eigenvalue weighted by Gasteiger charge is -2.58. The quantitative estimate of drug-likeness (QED) is 0.754. The maximum absolute atomic E-state index is 13.3. The average molecular weight is 378 g/mol. The normalized spacial score (nSPS) is 44.2. The molecule has 1 aromatic rings. The second-order valence-corrected chi connectivity index (χ2v) is 10.1. The molecule has 3 heteroatoms. The van der Waals surface area contributed by atoms with Gasteiger partial charge in [0.25, 0.3) is 0 Å². The number of hydrogen-bond donors (Lipinski definition) is 1. The van der Waals surface area contributed by atoms with Gasteiger partial charge in [-0.25, -0.2) is 0 Å². The molecule has 3 aliphatic carbocycles. The Bertz CT molecular complexity index is 830. The Morgan fingerprint density at radius 1 is 1.00 bits per heavy atom. The number of benzene rings is 1. The third-order valence-electron chi connectivity index (χ3n) is 9.06. The van der Waals surface area contributed by atoms with Gasteiger partial charge in [-0.15, -0.1) is 0 Å². The summed E-state index contributed by atoms with van der Waals surface area (Å²) in [5.41, 5.74) is 1.07. The van der Waals surface area contributed by atoms with E-state index < -0.39 is 0 Å². The molecule has 0 spiro atoms. The molecule has 5 rings (SSSR count). The smallest absolute Gasteiger partial charge is 0.243 e. The fourth-order valence-corrected chi connectivity index (χ4v) is 7.57. The summed E-state index contributed by atoms with van der Waals surface area (Å²) in [6.07, 6.45) is 10.7. The van der Waals surface area contributed by atoms with Crippen molar-refractivity contribution >= 4 is 11.7 Å². The molecule has 1 amide bonds. The van der Waals surface area contributed by atoms with Crippen molar-refractivity contribution in [2.24, 2.45) is 34.5 Å². The molecule has 0 bridgehead atoms. The molecule has 1 aliphatic heterocycles. The minimum atomic E-state index is 0.0657. The number of fused-ring (bicyclic) bond motifs is 5. The fourth-order valence-electron chi connectivity index (χ4n) is 7.57. The Balaban J connectivity index is 1.44. The molecule has 148 valence electrons. The highest BCUT2D eigenvalue weighted by molar-refractivity contribution is 5.98. The number of nitrogens with one attached hydrogen (secondary N) is 1. The lowest BCUT2D eigenvalue weighted by atomic mass is 9.47. The molecular weight excluding hydrogens is 346 g/mol. The summed E-state index contributed by atoms with van der Waals surface area (Å²) < 4.78 is 0. The molecule has 1 aromatic carbocycles. The summed E-state index contributed by atoms with van der Waals surface area (Å²) >= 11 is 0. The van der Waals surface area contributed by atoms with Gasteiger partial charge in [-0.2, -0.15) is 0 Å². The number of Topliss-reactive ketones (excluding diaryl/α,β-unsaturated/α-hetero) is 1. The van der Waals surface area contributed by atoms with Crippen molar-refractivity contribution in [2.45, 2.75) is 58.4 Å². The highest BCUT2D eigenvalue weighted by Crippen LogP contribution is 2.65.